The van der Waals surface area contributed by atoms with Gasteiger partial charge in [0.25, 0.3) is 5.91 Å². The molecule has 0 bridgehead atoms. The van der Waals surface area contributed by atoms with Crippen molar-refractivity contribution in [2.45, 2.75) is 55.4 Å². The van der Waals surface area contributed by atoms with E-state index in [0.717, 1.165) is 24.9 Å². The van der Waals surface area contributed by atoms with Crippen LogP contribution in [0.15, 0.2) is 54.7 Å². The lowest BCUT2D eigenvalue weighted by atomic mass is 9.73. The van der Waals surface area contributed by atoms with Crippen LogP contribution in [-0.2, 0) is 20.4 Å². The Morgan fingerprint density at radius 3 is 2.27 bits per heavy atom. The average molecular weight is 755 g/mol. The number of nitrogens with zero attached hydrogens (tertiary/aromatic N) is 4. The van der Waals surface area contributed by atoms with Gasteiger partial charge in [-0.3, -0.25) is 24.8 Å². The predicted octanol–water partition coefficient (Wildman–Crippen LogP) is 5.20. The molecule has 0 aliphatic carbocycles. The van der Waals surface area contributed by atoms with Crippen LogP contribution < -0.4 is 19.6 Å². The molecule has 2 aromatic carbocycles. The van der Waals surface area contributed by atoms with Crippen molar-refractivity contribution in [1.82, 2.24) is 25.2 Å². The van der Waals surface area contributed by atoms with Crippen LogP contribution in [0, 0.1) is 0 Å². The van der Waals surface area contributed by atoms with Crippen LogP contribution in [0.5, 0.6) is 17.2 Å². The zero-order valence-electron chi connectivity index (χ0n) is 29.7. The number of methoxy groups -OCH3 is 3. The summed E-state index contributed by atoms with van der Waals surface area (Å²) < 4.78 is 16.5. The number of ether oxygens (including phenoxy) is 3. The van der Waals surface area contributed by atoms with Crippen LogP contribution in [0.25, 0.3) is 0 Å². The molecule has 2 atom stereocenters. The molecule has 2 N–H and O–H groups in total. The van der Waals surface area contributed by atoms with Gasteiger partial charge < -0.3 is 29.1 Å². The summed E-state index contributed by atoms with van der Waals surface area (Å²) in [6, 6.07) is 13.9. The number of pyridine rings is 1. The third-order valence-electron chi connectivity index (χ3n) is 11.1. The Labute approximate surface area is 313 Å². The molecule has 3 aliphatic rings. The quantitative estimate of drug-likeness (QED) is 0.254. The fourth-order valence-electron chi connectivity index (χ4n) is 8.01. The van der Waals surface area contributed by atoms with E-state index in [1.54, 1.807) is 29.4 Å². The van der Waals surface area contributed by atoms with Gasteiger partial charge in [0.2, 0.25) is 11.7 Å². The van der Waals surface area contributed by atoms with Gasteiger partial charge >= 0.3 is 5.97 Å². The summed E-state index contributed by atoms with van der Waals surface area (Å²) >= 11 is 12.9. The first-order chi connectivity index (χ1) is 25.0. The number of halogens is 2. The molecular formula is C38H45Cl2N5O7. The first-order valence-corrected chi connectivity index (χ1v) is 18.3. The number of aromatic nitrogens is 1. The number of piperidine rings is 1. The molecule has 3 aromatic rings. The Balaban J connectivity index is 1.20. The van der Waals surface area contributed by atoms with Crippen LogP contribution in [-0.4, -0.2) is 109 Å². The van der Waals surface area contributed by atoms with Crippen molar-refractivity contribution < 1.29 is 33.7 Å². The highest BCUT2D eigenvalue weighted by atomic mass is 35.5. The fourth-order valence-corrected chi connectivity index (χ4v) is 8.31. The number of carboxylic acids is 1. The minimum Gasteiger partial charge on any atom is -0.493 e. The number of hydrogen-bond donors (Lipinski definition) is 2. The van der Waals surface area contributed by atoms with Crippen molar-refractivity contribution in [3.63, 3.8) is 0 Å². The molecule has 2 unspecified atom stereocenters. The highest BCUT2D eigenvalue weighted by molar-refractivity contribution is 6.42. The van der Waals surface area contributed by atoms with E-state index in [4.69, 9.17) is 37.4 Å². The van der Waals surface area contributed by atoms with E-state index in [0.29, 0.717) is 97.0 Å². The number of carboxylic acid groups (broad SMARTS) is 1. The van der Waals surface area contributed by atoms with Crippen molar-refractivity contribution >= 4 is 41.0 Å². The maximum Gasteiger partial charge on any atom is 0.322 e. The number of hydrogen-bond acceptors (Lipinski definition) is 9. The lowest BCUT2D eigenvalue weighted by Crippen LogP contribution is -2.58. The molecule has 3 saturated heterocycles. The second-order valence-electron chi connectivity index (χ2n) is 13.8. The number of aliphatic carboxylic acids is 1. The third kappa shape index (κ3) is 7.39. The predicted molar refractivity (Wildman–Crippen MR) is 196 cm³/mol. The molecule has 12 nitrogen and oxygen atoms in total. The van der Waals surface area contributed by atoms with Gasteiger partial charge in [0.1, 0.15) is 6.04 Å². The van der Waals surface area contributed by atoms with E-state index in [9.17, 15) is 19.5 Å². The molecule has 52 heavy (non-hydrogen) atoms. The maximum atomic E-state index is 14.1. The van der Waals surface area contributed by atoms with E-state index >= 15 is 0 Å². The number of carbonyl (C=O) groups excluding carboxylic acids is 2. The van der Waals surface area contributed by atoms with Gasteiger partial charge in [-0.05, 0) is 100 Å². The van der Waals surface area contributed by atoms with Crippen molar-refractivity contribution in [2.24, 2.45) is 0 Å². The smallest absolute Gasteiger partial charge is 0.322 e. The maximum absolute atomic E-state index is 14.1. The normalized spacial score (nSPS) is 21.9. The summed E-state index contributed by atoms with van der Waals surface area (Å²) in [5.41, 5.74) is 3.79. The Morgan fingerprint density at radius 2 is 1.65 bits per heavy atom. The molecule has 3 fully saturated rings. The second kappa shape index (κ2) is 15.9. The van der Waals surface area contributed by atoms with Gasteiger partial charge in [0.05, 0.1) is 42.5 Å². The second-order valence-corrected chi connectivity index (χ2v) is 14.6. The largest absolute Gasteiger partial charge is 0.493 e. The number of benzene rings is 2. The summed E-state index contributed by atoms with van der Waals surface area (Å²) in [5, 5.41) is 12.2. The topological polar surface area (TPSA) is 134 Å². The minimum absolute atomic E-state index is 0.145. The summed E-state index contributed by atoms with van der Waals surface area (Å²) in [7, 11) is 4.56. The van der Waals surface area contributed by atoms with Gasteiger partial charge in [-0.15, -0.1) is 0 Å². The molecule has 1 aromatic heterocycles. The Morgan fingerprint density at radius 1 is 0.923 bits per heavy atom. The summed E-state index contributed by atoms with van der Waals surface area (Å²) in [6.07, 6.45) is 5.38. The van der Waals surface area contributed by atoms with Crippen molar-refractivity contribution in [3.8, 4) is 17.2 Å². The summed E-state index contributed by atoms with van der Waals surface area (Å²) in [4.78, 5) is 48.7. The van der Waals surface area contributed by atoms with Crippen LogP contribution in [0.3, 0.4) is 0 Å². The fraction of sp³-hybridized carbons (Fsp3) is 0.474. The van der Waals surface area contributed by atoms with Crippen LogP contribution in [0.2, 0.25) is 10.0 Å². The van der Waals surface area contributed by atoms with E-state index in [1.807, 2.05) is 35.2 Å². The Kier molecular flexibility index (Phi) is 11.5. The van der Waals surface area contributed by atoms with Gasteiger partial charge in [-0.25, -0.2) is 5.01 Å². The number of amides is 2. The highest BCUT2D eigenvalue weighted by Crippen LogP contribution is 2.43. The lowest BCUT2D eigenvalue weighted by molar-refractivity contribution is -0.146. The molecule has 6 rings (SSSR count). The summed E-state index contributed by atoms with van der Waals surface area (Å²) in [6.45, 7) is 3.49. The van der Waals surface area contributed by atoms with Crippen LogP contribution in [0.1, 0.15) is 60.1 Å². The molecule has 0 radical (unpaired) electrons. The Bertz CT molecular complexity index is 1760. The van der Waals surface area contributed by atoms with Crippen LogP contribution >= 0.6 is 23.2 Å². The van der Waals surface area contributed by atoms with Gasteiger partial charge in [-0.1, -0.05) is 35.3 Å². The zero-order chi connectivity index (χ0) is 37.0. The van der Waals surface area contributed by atoms with Crippen molar-refractivity contribution in [2.75, 3.05) is 60.6 Å². The molecule has 4 heterocycles. The number of carbonyl (C=O) groups is 3. The number of rotatable bonds is 12. The first-order valence-electron chi connectivity index (χ1n) is 17.5. The monoisotopic (exact) mass is 753 g/mol. The summed E-state index contributed by atoms with van der Waals surface area (Å²) in [5.74, 6) is -0.0760. The minimum atomic E-state index is -0.939. The van der Waals surface area contributed by atoms with Gasteiger partial charge in [0.15, 0.2) is 11.5 Å². The highest BCUT2D eigenvalue weighted by Gasteiger charge is 2.47. The van der Waals surface area contributed by atoms with E-state index in [1.165, 1.54) is 21.3 Å². The number of nitrogens with one attached hydrogen (secondary N) is 1. The van der Waals surface area contributed by atoms with E-state index in [-0.39, 0.29) is 11.8 Å². The van der Waals surface area contributed by atoms with E-state index in [2.05, 4.69) is 15.3 Å². The standard InChI is InChI=1S/C38H45Cl2N5O7/c1-50-30-21-25(22-31(51-2)33(30)52-3)34(46)44-20-12-37(24-44,26-9-10-27(39)28(40)23-26)11-17-43-18-13-38(14-19-43,32-8-4-5-15-41-32)36(49)42-45-16-6-7-29(45)35(47)48/h4-5,8-10,15,21-23,29H,6-7,11-14,16-20,24H2,1-3H3,(H,42,49)(H,47,48). The zero-order valence-corrected chi connectivity index (χ0v) is 31.2. The Hall–Kier alpha value is -4.10. The lowest BCUT2D eigenvalue weighted by Gasteiger charge is -2.42. The molecule has 278 valence electrons. The molecule has 14 heteroatoms. The van der Waals surface area contributed by atoms with Crippen molar-refractivity contribution in [1.29, 1.82) is 0 Å². The SMILES string of the molecule is COc1cc(C(=O)N2CCC(CCN3CCC(C(=O)NN4CCCC4C(=O)O)(c4ccccn4)CC3)(c3ccc(Cl)c(Cl)c3)C2)cc(OC)c1OC. The average Bonchev–Trinajstić information content (AvgIpc) is 3.83. The van der Waals surface area contributed by atoms with Gasteiger partial charge in [-0.2, -0.15) is 0 Å². The number of hydrazine groups is 1. The number of likely N-dealkylation sites (tertiary alicyclic amines) is 2. The molecule has 0 spiro atoms. The third-order valence-corrected chi connectivity index (χ3v) is 11.8. The van der Waals surface area contributed by atoms with Crippen molar-refractivity contribution in [3.05, 3.63) is 81.6 Å². The molecular weight excluding hydrogens is 709 g/mol. The molecule has 2 amide bonds. The molecule has 0 saturated carbocycles. The van der Waals surface area contributed by atoms with Gasteiger partial charge in [0, 0.05) is 36.8 Å². The van der Waals surface area contributed by atoms with Crippen LogP contribution in [0.4, 0.5) is 0 Å². The molecule has 3 aliphatic heterocycles. The van der Waals surface area contributed by atoms with E-state index < -0.39 is 22.8 Å². The first kappa shape index (κ1) is 37.7.